The van der Waals surface area contributed by atoms with Gasteiger partial charge in [0, 0.05) is 35.0 Å². The van der Waals surface area contributed by atoms with Crippen LogP contribution in [0.4, 0.5) is 5.69 Å². The average Bonchev–Trinajstić information content (AvgIpc) is 3.48. The fraction of sp³-hybridized carbons (Fsp3) is 0.200. The third-order valence-corrected chi connectivity index (χ3v) is 7.26. The summed E-state index contributed by atoms with van der Waals surface area (Å²) in [6.07, 6.45) is 0. The number of thioether (sulfide) groups is 1. The van der Waals surface area contributed by atoms with Crippen molar-refractivity contribution in [1.29, 1.82) is 0 Å². The molecule has 0 unspecified atom stereocenters. The fourth-order valence-electron chi connectivity index (χ4n) is 3.45. The SMILES string of the molecule is CCN(CC(=O)Nc1cccc(OC)c1)C(=O)c1oc2ccccc2c1CSc1cccs1. The first-order valence-electron chi connectivity index (χ1n) is 10.5. The highest BCUT2D eigenvalue weighted by atomic mass is 32.2. The van der Waals surface area contributed by atoms with Gasteiger partial charge in [0.15, 0.2) is 5.76 Å². The smallest absolute Gasteiger partial charge is 0.290 e. The lowest BCUT2D eigenvalue weighted by Gasteiger charge is -2.20. The Morgan fingerprint density at radius 2 is 1.97 bits per heavy atom. The minimum absolute atomic E-state index is 0.0822. The zero-order valence-electron chi connectivity index (χ0n) is 18.4. The quantitative estimate of drug-likeness (QED) is 0.302. The lowest BCUT2D eigenvalue weighted by atomic mass is 10.1. The largest absolute Gasteiger partial charge is 0.497 e. The summed E-state index contributed by atoms with van der Waals surface area (Å²) in [7, 11) is 1.57. The van der Waals surface area contributed by atoms with E-state index < -0.39 is 0 Å². The van der Waals surface area contributed by atoms with Crippen LogP contribution in [-0.4, -0.2) is 36.9 Å². The molecular weight excluding hydrogens is 456 g/mol. The molecule has 2 amide bonds. The summed E-state index contributed by atoms with van der Waals surface area (Å²) in [6, 6.07) is 18.8. The van der Waals surface area contributed by atoms with Gasteiger partial charge in [-0.15, -0.1) is 23.1 Å². The number of furan rings is 1. The molecule has 1 N–H and O–H groups in total. The molecule has 6 nitrogen and oxygen atoms in total. The van der Waals surface area contributed by atoms with E-state index in [9.17, 15) is 9.59 Å². The molecule has 0 bridgehead atoms. The normalized spacial score (nSPS) is 10.8. The van der Waals surface area contributed by atoms with E-state index in [1.807, 2.05) is 42.6 Å². The lowest BCUT2D eigenvalue weighted by Crippen LogP contribution is -2.38. The maximum absolute atomic E-state index is 13.4. The van der Waals surface area contributed by atoms with Gasteiger partial charge < -0.3 is 19.4 Å². The number of thiophene rings is 1. The molecule has 170 valence electrons. The van der Waals surface area contributed by atoms with Gasteiger partial charge in [0.2, 0.25) is 5.91 Å². The summed E-state index contributed by atoms with van der Waals surface area (Å²) in [4.78, 5) is 27.6. The number of nitrogens with one attached hydrogen (secondary N) is 1. The lowest BCUT2D eigenvalue weighted by molar-refractivity contribution is -0.116. The number of ether oxygens (including phenoxy) is 1. The molecule has 4 aromatic rings. The number of para-hydroxylation sites is 1. The maximum atomic E-state index is 13.4. The maximum Gasteiger partial charge on any atom is 0.290 e. The molecular formula is C25H24N2O4S2. The molecule has 8 heteroatoms. The van der Waals surface area contributed by atoms with E-state index in [1.54, 1.807) is 54.5 Å². The molecule has 0 spiro atoms. The van der Waals surface area contributed by atoms with Crippen LogP contribution in [0.2, 0.25) is 0 Å². The molecule has 0 saturated heterocycles. The van der Waals surface area contributed by atoms with Crippen molar-refractivity contribution in [2.24, 2.45) is 0 Å². The predicted octanol–water partition coefficient (Wildman–Crippen LogP) is 5.90. The molecule has 0 radical (unpaired) electrons. The highest BCUT2D eigenvalue weighted by molar-refractivity contribution is 8.00. The van der Waals surface area contributed by atoms with E-state index in [4.69, 9.17) is 9.15 Å². The molecule has 0 fully saturated rings. The van der Waals surface area contributed by atoms with Crippen LogP contribution in [0.5, 0.6) is 5.75 Å². The molecule has 2 aromatic heterocycles. The van der Waals surface area contributed by atoms with E-state index in [0.717, 1.165) is 10.9 Å². The van der Waals surface area contributed by atoms with Crippen molar-refractivity contribution in [3.05, 3.63) is 77.4 Å². The van der Waals surface area contributed by atoms with E-state index in [0.29, 0.717) is 29.3 Å². The average molecular weight is 481 g/mol. The Hall–Kier alpha value is -3.23. The molecule has 0 aliphatic rings. The minimum atomic E-state index is -0.295. The van der Waals surface area contributed by atoms with Crippen LogP contribution in [0, 0.1) is 0 Å². The van der Waals surface area contributed by atoms with E-state index >= 15 is 0 Å². The first kappa shape index (κ1) is 22.9. The summed E-state index contributed by atoms with van der Waals surface area (Å²) >= 11 is 3.33. The number of hydrogen-bond acceptors (Lipinski definition) is 6. The molecule has 33 heavy (non-hydrogen) atoms. The van der Waals surface area contributed by atoms with Gasteiger partial charge in [-0.3, -0.25) is 9.59 Å². The van der Waals surface area contributed by atoms with Crippen molar-refractivity contribution < 1.29 is 18.7 Å². The van der Waals surface area contributed by atoms with Gasteiger partial charge in [0.1, 0.15) is 17.9 Å². The summed E-state index contributed by atoms with van der Waals surface area (Å²) in [5.41, 5.74) is 2.12. The number of benzene rings is 2. The Morgan fingerprint density at radius 1 is 1.12 bits per heavy atom. The topological polar surface area (TPSA) is 71.8 Å². The molecule has 4 rings (SSSR count). The van der Waals surface area contributed by atoms with Crippen LogP contribution in [-0.2, 0) is 10.5 Å². The van der Waals surface area contributed by atoms with Gasteiger partial charge in [-0.2, -0.15) is 0 Å². The second-order valence-corrected chi connectivity index (χ2v) is 9.45. The highest BCUT2D eigenvalue weighted by Gasteiger charge is 2.26. The monoisotopic (exact) mass is 480 g/mol. The number of methoxy groups -OCH3 is 1. The van der Waals surface area contributed by atoms with Crippen molar-refractivity contribution >= 4 is 51.6 Å². The van der Waals surface area contributed by atoms with Crippen LogP contribution < -0.4 is 10.1 Å². The third-order valence-electron chi connectivity index (χ3n) is 5.10. The van der Waals surface area contributed by atoms with Gasteiger partial charge in [0.25, 0.3) is 5.91 Å². The molecule has 0 saturated carbocycles. The number of amides is 2. The Morgan fingerprint density at radius 3 is 2.73 bits per heavy atom. The zero-order chi connectivity index (χ0) is 23.2. The van der Waals surface area contributed by atoms with Gasteiger partial charge >= 0.3 is 0 Å². The number of fused-ring (bicyclic) bond motifs is 1. The number of hydrogen-bond donors (Lipinski definition) is 1. The van der Waals surface area contributed by atoms with E-state index in [1.165, 1.54) is 9.11 Å². The third kappa shape index (κ3) is 5.40. The Labute approximate surface area is 200 Å². The number of nitrogens with zero attached hydrogens (tertiary/aromatic N) is 1. The van der Waals surface area contributed by atoms with Crippen LogP contribution in [0.25, 0.3) is 11.0 Å². The van der Waals surface area contributed by atoms with E-state index in [2.05, 4.69) is 11.4 Å². The number of carbonyl (C=O) groups excluding carboxylic acids is 2. The highest BCUT2D eigenvalue weighted by Crippen LogP contribution is 2.34. The predicted molar refractivity (Wildman–Crippen MR) is 133 cm³/mol. The number of likely N-dealkylation sites (N-methyl/N-ethyl adjacent to an activating group) is 1. The number of rotatable bonds is 9. The molecule has 0 aliphatic heterocycles. The minimum Gasteiger partial charge on any atom is -0.497 e. The second-order valence-electron chi connectivity index (χ2n) is 7.23. The van der Waals surface area contributed by atoms with Crippen molar-refractivity contribution in [1.82, 2.24) is 4.90 Å². The first-order chi connectivity index (χ1) is 16.1. The zero-order valence-corrected chi connectivity index (χ0v) is 20.0. The molecule has 2 heterocycles. The molecule has 0 atom stereocenters. The first-order valence-corrected chi connectivity index (χ1v) is 12.4. The Kier molecular flexibility index (Phi) is 7.36. The standard InChI is InChI=1S/C25H24N2O4S2/c1-3-27(15-22(28)26-17-8-6-9-18(14-17)30-2)25(29)24-20(16-33-23-12-7-13-32-23)19-10-4-5-11-21(19)31-24/h4-14H,3,15-16H2,1-2H3,(H,26,28). The van der Waals surface area contributed by atoms with Crippen molar-refractivity contribution in [2.75, 3.05) is 25.5 Å². The van der Waals surface area contributed by atoms with Crippen molar-refractivity contribution in [3.63, 3.8) is 0 Å². The Balaban J connectivity index is 1.54. The summed E-state index contributed by atoms with van der Waals surface area (Å²) in [5, 5.41) is 5.77. The van der Waals surface area contributed by atoms with Crippen molar-refractivity contribution in [3.8, 4) is 5.75 Å². The fourth-order valence-corrected chi connectivity index (χ4v) is 5.26. The van der Waals surface area contributed by atoms with Gasteiger partial charge in [-0.25, -0.2) is 0 Å². The molecule has 0 aliphatic carbocycles. The van der Waals surface area contributed by atoms with Gasteiger partial charge in [-0.1, -0.05) is 30.3 Å². The van der Waals surface area contributed by atoms with Gasteiger partial charge in [0.05, 0.1) is 11.3 Å². The molecule has 2 aromatic carbocycles. The summed E-state index contributed by atoms with van der Waals surface area (Å²) in [6.45, 7) is 2.14. The van der Waals surface area contributed by atoms with Crippen LogP contribution >= 0.6 is 23.1 Å². The Bertz CT molecular complexity index is 1250. The van der Waals surface area contributed by atoms with Crippen molar-refractivity contribution in [2.45, 2.75) is 16.9 Å². The number of anilines is 1. The van der Waals surface area contributed by atoms with Crippen LogP contribution in [0.3, 0.4) is 0 Å². The summed E-state index contributed by atoms with van der Waals surface area (Å²) in [5.74, 6) is 0.953. The second kappa shape index (κ2) is 10.6. The summed E-state index contributed by atoms with van der Waals surface area (Å²) < 4.78 is 12.4. The van der Waals surface area contributed by atoms with Gasteiger partial charge in [-0.05, 0) is 36.6 Å². The van der Waals surface area contributed by atoms with Crippen LogP contribution in [0.1, 0.15) is 23.0 Å². The van der Waals surface area contributed by atoms with Crippen LogP contribution in [0.15, 0.2) is 74.7 Å². The van der Waals surface area contributed by atoms with E-state index in [-0.39, 0.29) is 24.1 Å². The number of carbonyl (C=O) groups is 2.